The topological polar surface area (TPSA) is 41.6 Å². The molecule has 0 aliphatic carbocycles. The number of para-hydroxylation sites is 2. The third-order valence-electron chi connectivity index (χ3n) is 3.68. The van der Waals surface area contributed by atoms with E-state index < -0.39 is 6.61 Å². The van der Waals surface area contributed by atoms with E-state index in [1.165, 1.54) is 17.8 Å². The molecule has 1 aromatic carbocycles. The highest BCUT2D eigenvalue weighted by Gasteiger charge is 2.27. The fraction of sp³-hybridized carbons (Fsp3) is 0.533. The van der Waals surface area contributed by atoms with E-state index in [1.807, 2.05) is 18.1 Å². The van der Waals surface area contributed by atoms with Crippen LogP contribution >= 0.6 is 11.8 Å². The highest BCUT2D eigenvalue weighted by atomic mass is 32.2. The molecule has 2 atom stereocenters. The van der Waals surface area contributed by atoms with Gasteiger partial charge in [0, 0.05) is 19.1 Å². The molecule has 1 aromatic rings. The van der Waals surface area contributed by atoms with Crippen LogP contribution in [0.2, 0.25) is 0 Å². The zero-order chi connectivity index (χ0) is 16.1. The second-order valence-electron chi connectivity index (χ2n) is 5.16. The van der Waals surface area contributed by atoms with Gasteiger partial charge in [0.05, 0.1) is 10.9 Å². The van der Waals surface area contributed by atoms with Crippen molar-refractivity contribution in [2.75, 3.05) is 24.2 Å². The highest BCUT2D eigenvalue weighted by molar-refractivity contribution is 7.99. The normalized spacial score (nSPS) is 19.3. The van der Waals surface area contributed by atoms with Gasteiger partial charge in [-0.25, -0.2) is 0 Å². The minimum atomic E-state index is -2.85. The van der Waals surface area contributed by atoms with Gasteiger partial charge >= 0.3 is 6.61 Å². The van der Waals surface area contributed by atoms with Gasteiger partial charge in [-0.15, -0.1) is 0 Å². The molecule has 0 saturated carbocycles. The molecule has 22 heavy (non-hydrogen) atoms. The van der Waals surface area contributed by atoms with E-state index in [-0.39, 0.29) is 22.9 Å². The molecular formula is C15H20F2N2O2S. The average Bonchev–Trinajstić information content (AvgIpc) is 2.94. The summed E-state index contributed by atoms with van der Waals surface area (Å²) in [6.07, 6.45) is 2.68. The van der Waals surface area contributed by atoms with Gasteiger partial charge < -0.3 is 15.0 Å². The van der Waals surface area contributed by atoms with Crippen molar-refractivity contribution in [1.29, 1.82) is 0 Å². The van der Waals surface area contributed by atoms with E-state index in [1.54, 1.807) is 18.2 Å². The van der Waals surface area contributed by atoms with Gasteiger partial charge in [0.1, 0.15) is 5.75 Å². The van der Waals surface area contributed by atoms with E-state index in [9.17, 15) is 13.6 Å². The average molecular weight is 330 g/mol. The van der Waals surface area contributed by atoms with E-state index in [0.29, 0.717) is 18.8 Å². The first kappa shape index (κ1) is 16.9. The number of carbonyl (C=O) groups is 1. The molecule has 1 fully saturated rings. The Labute approximate surface area is 133 Å². The fourth-order valence-electron chi connectivity index (χ4n) is 2.44. The van der Waals surface area contributed by atoms with Crippen molar-refractivity contribution in [1.82, 2.24) is 5.32 Å². The molecule has 7 heteroatoms. The minimum absolute atomic E-state index is 0.0106. The Hall–Kier alpha value is -1.50. The van der Waals surface area contributed by atoms with Crippen LogP contribution in [-0.2, 0) is 4.79 Å². The molecule has 0 aromatic heterocycles. The number of hydrogen-bond donors (Lipinski definition) is 1. The molecule has 122 valence electrons. The van der Waals surface area contributed by atoms with E-state index in [2.05, 4.69) is 10.1 Å². The number of anilines is 1. The Morgan fingerprint density at radius 3 is 2.86 bits per heavy atom. The summed E-state index contributed by atoms with van der Waals surface area (Å²) in [5.74, 6) is 0.179. The Bertz CT molecular complexity index is 516. The summed E-state index contributed by atoms with van der Waals surface area (Å²) in [6.45, 7) is 0.304. The lowest BCUT2D eigenvalue weighted by Gasteiger charge is -2.22. The molecule has 0 radical (unpaired) electrons. The lowest BCUT2D eigenvalue weighted by atomic mass is 10.2. The van der Waals surface area contributed by atoms with Gasteiger partial charge in [0.2, 0.25) is 5.91 Å². The maximum absolute atomic E-state index is 12.5. The third-order valence-corrected chi connectivity index (χ3v) is 4.60. The number of rotatable bonds is 6. The molecule has 0 bridgehead atoms. The molecular weight excluding hydrogens is 310 g/mol. The summed E-state index contributed by atoms with van der Waals surface area (Å²) in [6, 6.07) is 6.77. The number of halogens is 2. The Morgan fingerprint density at radius 2 is 2.18 bits per heavy atom. The molecule has 4 nitrogen and oxygen atoms in total. The van der Waals surface area contributed by atoms with E-state index in [4.69, 9.17) is 0 Å². The van der Waals surface area contributed by atoms with Gasteiger partial charge in [-0.3, -0.25) is 4.79 Å². The Kier molecular flexibility index (Phi) is 5.88. The third kappa shape index (κ3) is 4.25. The minimum Gasteiger partial charge on any atom is -0.433 e. The summed E-state index contributed by atoms with van der Waals surface area (Å²) in [4.78, 5) is 13.9. The SMILES string of the molecule is CS[C@@H](C)C(=O)N[C@@H]1CCN(c2ccccc2OC(F)F)C1. The van der Waals surface area contributed by atoms with Crippen LogP contribution < -0.4 is 15.0 Å². The van der Waals surface area contributed by atoms with Crippen LogP contribution in [0.5, 0.6) is 5.75 Å². The predicted molar refractivity (Wildman–Crippen MR) is 84.8 cm³/mol. The van der Waals surface area contributed by atoms with Crippen molar-refractivity contribution in [2.45, 2.75) is 31.2 Å². The number of nitrogens with one attached hydrogen (secondary N) is 1. The number of nitrogens with zero attached hydrogens (tertiary/aromatic N) is 1. The van der Waals surface area contributed by atoms with Crippen LogP contribution in [0.15, 0.2) is 24.3 Å². The first-order valence-electron chi connectivity index (χ1n) is 7.13. The zero-order valence-corrected chi connectivity index (χ0v) is 13.4. The maximum Gasteiger partial charge on any atom is 0.387 e. The quantitative estimate of drug-likeness (QED) is 0.871. The standard InChI is InChI=1S/C15H20F2N2O2S/c1-10(22-2)14(20)18-11-7-8-19(9-11)12-5-3-4-6-13(12)21-15(16)17/h3-6,10-11,15H,7-9H2,1-2H3,(H,18,20)/t10-,11+/m0/s1. The summed E-state index contributed by atoms with van der Waals surface area (Å²) in [5.41, 5.74) is 0.637. The Balaban J connectivity index is 2.00. The van der Waals surface area contributed by atoms with Crippen molar-refractivity contribution < 1.29 is 18.3 Å². The number of benzene rings is 1. The van der Waals surface area contributed by atoms with Crippen LogP contribution in [0, 0.1) is 0 Å². The number of hydrogen-bond acceptors (Lipinski definition) is 4. The van der Waals surface area contributed by atoms with Gasteiger partial charge in [-0.2, -0.15) is 20.5 Å². The van der Waals surface area contributed by atoms with Crippen molar-refractivity contribution in [3.05, 3.63) is 24.3 Å². The molecule has 1 aliphatic rings. The molecule has 1 aliphatic heterocycles. The van der Waals surface area contributed by atoms with Gasteiger partial charge in [-0.05, 0) is 31.7 Å². The largest absolute Gasteiger partial charge is 0.433 e. The van der Waals surface area contributed by atoms with Crippen LogP contribution in [0.4, 0.5) is 14.5 Å². The van der Waals surface area contributed by atoms with Crippen molar-refractivity contribution in [3.8, 4) is 5.75 Å². The lowest BCUT2D eigenvalue weighted by molar-refractivity contribution is -0.120. The number of thioether (sulfide) groups is 1. The summed E-state index contributed by atoms with van der Waals surface area (Å²) in [7, 11) is 0. The number of alkyl halides is 2. The first-order valence-corrected chi connectivity index (χ1v) is 8.42. The number of ether oxygens (including phenoxy) is 1. The number of amides is 1. The van der Waals surface area contributed by atoms with Crippen LogP contribution in [0.25, 0.3) is 0 Å². The lowest BCUT2D eigenvalue weighted by Crippen LogP contribution is -2.40. The smallest absolute Gasteiger partial charge is 0.387 e. The van der Waals surface area contributed by atoms with Crippen LogP contribution in [0.1, 0.15) is 13.3 Å². The second kappa shape index (κ2) is 7.67. The summed E-state index contributed by atoms with van der Waals surface area (Å²) >= 11 is 1.49. The van der Waals surface area contributed by atoms with Gasteiger partial charge in [0.25, 0.3) is 0 Å². The van der Waals surface area contributed by atoms with Gasteiger partial charge in [-0.1, -0.05) is 12.1 Å². The van der Waals surface area contributed by atoms with Crippen LogP contribution in [-0.4, -0.2) is 43.2 Å². The Morgan fingerprint density at radius 1 is 1.45 bits per heavy atom. The molecule has 0 unspecified atom stereocenters. The van der Waals surface area contributed by atoms with Crippen LogP contribution in [0.3, 0.4) is 0 Å². The molecule has 1 heterocycles. The summed E-state index contributed by atoms with van der Waals surface area (Å²) in [5, 5.41) is 2.91. The van der Waals surface area contributed by atoms with Crippen molar-refractivity contribution >= 4 is 23.4 Å². The van der Waals surface area contributed by atoms with E-state index in [0.717, 1.165) is 6.42 Å². The van der Waals surface area contributed by atoms with Crippen molar-refractivity contribution in [2.24, 2.45) is 0 Å². The molecule has 0 spiro atoms. The first-order chi connectivity index (χ1) is 10.5. The summed E-state index contributed by atoms with van der Waals surface area (Å²) < 4.78 is 29.5. The van der Waals surface area contributed by atoms with Gasteiger partial charge in [0.15, 0.2) is 0 Å². The molecule has 1 amide bonds. The molecule has 1 N–H and O–H groups in total. The molecule has 2 rings (SSSR count). The zero-order valence-electron chi connectivity index (χ0n) is 12.6. The fourth-order valence-corrected chi connectivity index (χ4v) is 2.72. The predicted octanol–water partition coefficient (Wildman–Crippen LogP) is 2.73. The highest BCUT2D eigenvalue weighted by Crippen LogP contribution is 2.31. The van der Waals surface area contributed by atoms with Crippen molar-refractivity contribution in [3.63, 3.8) is 0 Å². The number of carbonyl (C=O) groups excluding carboxylic acids is 1. The maximum atomic E-state index is 12.5. The molecule has 1 saturated heterocycles. The monoisotopic (exact) mass is 330 g/mol. The second-order valence-corrected chi connectivity index (χ2v) is 6.34. The van der Waals surface area contributed by atoms with E-state index >= 15 is 0 Å².